The number of hydrogen-bond acceptors (Lipinski definition) is 3. The molecule has 1 saturated heterocycles. The molecule has 1 aromatic carbocycles. The van der Waals surface area contributed by atoms with E-state index in [-0.39, 0.29) is 11.8 Å². The summed E-state index contributed by atoms with van der Waals surface area (Å²) in [4.78, 5) is 13.4. The maximum Gasteiger partial charge on any atom is 0.224 e. The Bertz CT molecular complexity index is 560. The Morgan fingerprint density at radius 2 is 2.00 bits per heavy atom. The van der Waals surface area contributed by atoms with Crippen LogP contribution in [0.25, 0.3) is 0 Å². The molecule has 1 aliphatic rings. The first kappa shape index (κ1) is 14.4. The minimum atomic E-state index is -0.161. The van der Waals surface area contributed by atoms with Gasteiger partial charge in [-0.1, -0.05) is 6.07 Å². The van der Waals surface area contributed by atoms with Crippen LogP contribution in [0.5, 0.6) is 5.75 Å². The minimum absolute atomic E-state index is 0.0527. The molecule has 0 spiro atoms. The second kappa shape index (κ2) is 5.96. The van der Waals surface area contributed by atoms with E-state index in [1.165, 1.54) is 11.1 Å². The molecule has 106 valence electrons. The first-order valence-corrected chi connectivity index (χ1v) is 6.89. The zero-order valence-corrected chi connectivity index (χ0v) is 12.3. The topological polar surface area (TPSA) is 53.3 Å². The highest BCUT2D eigenvalue weighted by Gasteiger charge is 2.28. The Labute approximate surface area is 120 Å². The monoisotopic (exact) mass is 272 g/mol. The quantitative estimate of drug-likeness (QED) is 0.845. The minimum Gasteiger partial charge on any atom is -0.491 e. The van der Waals surface area contributed by atoms with Gasteiger partial charge in [0.2, 0.25) is 5.91 Å². The van der Waals surface area contributed by atoms with E-state index in [4.69, 9.17) is 10.00 Å². The number of nitrogens with zero attached hydrogens (tertiary/aromatic N) is 2. The third-order valence-corrected chi connectivity index (χ3v) is 3.81. The smallest absolute Gasteiger partial charge is 0.224 e. The fraction of sp³-hybridized carbons (Fsp3) is 0.500. The van der Waals surface area contributed by atoms with Gasteiger partial charge in [0.15, 0.2) is 0 Å². The number of hydrogen-bond donors (Lipinski definition) is 0. The lowest BCUT2D eigenvalue weighted by molar-refractivity contribution is -0.128. The maximum absolute atomic E-state index is 11.7. The molecular formula is C16H20N2O2. The zero-order valence-electron chi connectivity index (χ0n) is 12.3. The van der Waals surface area contributed by atoms with E-state index in [1.54, 1.807) is 4.90 Å². The van der Waals surface area contributed by atoms with Gasteiger partial charge >= 0.3 is 0 Å². The summed E-state index contributed by atoms with van der Waals surface area (Å²) in [5.41, 5.74) is 3.56. The summed E-state index contributed by atoms with van der Waals surface area (Å²) >= 11 is 0. The summed E-state index contributed by atoms with van der Waals surface area (Å²) in [6.07, 6.45) is 0.346. The Morgan fingerprint density at radius 3 is 2.65 bits per heavy atom. The summed E-state index contributed by atoms with van der Waals surface area (Å²) in [5.74, 6) is 0.763. The molecule has 4 heteroatoms. The van der Waals surface area contributed by atoms with Crippen molar-refractivity contribution in [2.45, 2.75) is 27.2 Å². The second-order valence-electron chi connectivity index (χ2n) is 5.42. The van der Waals surface area contributed by atoms with Crippen molar-refractivity contribution in [2.24, 2.45) is 5.92 Å². The van der Waals surface area contributed by atoms with E-state index >= 15 is 0 Å². The standard InChI is InChI=1S/C16H20N2O2/c1-11-6-13(3)15(7-12(11)2)20-5-4-18-10-14(9-17)8-16(18)19/h6-7,14H,4-5,8,10H2,1-3H3. The first-order valence-electron chi connectivity index (χ1n) is 6.89. The third-order valence-electron chi connectivity index (χ3n) is 3.81. The molecule has 1 unspecified atom stereocenters. The van der Waals surface area contributed by atoms with Crippen molar-refractivity contribution >= 4 is 5.91 Å². The van der Waals surface area contributed by atoms with E-state index < -0.39 is 0 Å². The SMILES string of the molecule is Cc1cc(C)c(OCCN2CC(C#N)CC2=O)cc1C. The van der Waals surface area contributed by atoms with Gasteiger partial charge in [-0.3, -0.25) is 4.79 Å². The van der Waals surface area contributed by atoms with Crippen molar-refractivity contribution in [1.29, 1.82) is 5.26 Å². The fourth-order valence-corrected chi connectivity index (χ4v) is 2.43. The summed E-state index contributed by atoms with van der Waals surface area (Å²) in [7, 11) is 0. The average molecular weight is 272 g/mol. The van der Waals surface area contributed by atoms with Crippen LogP contribution < -0.4 is 4.74 Å². The van der Waals surface area contributed by atoms with Crippen LogP contribution in [0, 0.1) is 38.0 Å². The van der Waals surface area contributed by atoms with Gasteiger partial charge in [0.1, 0.15) is 12.4 Å². The number of rotatable bonds is 4. The second-order valence-corrected chi connectivity index (χ2v) is 5.42. The molecule has 0 bridgehead atoms. The number of carbonyl (C=O) groups excluding carboxylic acids is 1. The van der Waals surface area contributed by atoms with E-state index in [2.05, 4.69) is 26.0 Å². The van der Waals surface area contributed by atoms with Crippen molar-refractivity contribution in [2.75, 3.05) is 19.7 Å². The van der Waals surface area contributed by atoms with Crippen LogP contribution in [-0.4, -0.2) is 30.5 Å². The predicted molar refractivity (Wildman–Crippen MR) is 76.4 cm³/mol. The molecule has 1 aliphatic heterocycles. The normalized spacial score (nSPS) is 18.2. The summed E-state index contributed by atoms with van der Waals surface area (Å²) in [5, 5.41) is 8.84. The van der Waals surface area contributed by atoms with E-state index in [0.29, 0.717) is 26.1 Å². The molecule has 0 saturated carbocycles. The zero-order chi connectivity index (χ0) is 14.7. The number of benzene rings is 1. The molecule has 1 atom stereocenters. The van der Waals surface area contributed by atoms with Gasteiger partial charge in [-0.25, -0.2) is 0 Å². The van der Waals surface area contributed by atoms with Crippen molar-refractivity contribution in [1.82, 2.24) is 4.90 Å². The molecule has 0 aromatic heterocycles. The lowest BCUT2D eigenvalue weighted by Crippen LogP contribution is -2.29. The lowest BCUT2D eigenvalue weighted by atomic mass is 10.1. The van der Waals surface area contributed by atoms with Gasteiger partial charge in [0, 0.05) is 13.0 Å². The Balaban J connectivity index is 1.89. The largest absolute Gasteiger partial charge is 0.491 e. The summed E-state index contributed by atoms with van der Waals surface area (Å²) < 4.78 is 5.77. The van der Waals surface area contributed by atoms with E-state index in [9.17, 15) is 4.79 Å². The van der Waals surface area contributed by atoms with E-state index in [1.807, 2.05) is 13.0 Å². The number of aryl methyl sites for hydroxylation is 3. The molecular weight excluding hydrogens is 252 g/mol. The van der Waals surface area contributed by atoms with Crippen LogP contribution in [0.15, 0.2) is 12.1 Å². The molecule has 1 heterocycles. The van der Waals surface area contributed by atoms with Gasteiger partial charge in [0.05, 0.1) is 18.5 Å². The van der Waals surface area contributed by atoms with Crippen LogP contribution in [0.3, 0.4) is 0 Å². The van der Waals surface area contributed by atoms with Crippen molar-refractivity contribution in [3.05, 3.63) is 28.8 Å². The Kier molecular flexibility index (Phi) is 4.29. The number of likely N-dealkylation sites (tertiary alicyclic amines) is 1. The molecule has 1 fully saturated rings. The van der Waals surface area contributed by atoms with Crippen LogP contribution in [-0.2, 0) is 4.79 Å². The number of ether oxygens (including phenoxy) is 1. The average Bonchev–Trinajstić information content (AvgIpc) is 2.76. The highest BCUT2D eigenvalue weighted by Crippen LogP contribution is 2.22. The van der Waals surface area contributed by atoms with Gasteiger partial charge in [-0.05, 0) is 43.5 Å². The molecule has 0 N–H and O–H groups in total. The van der Waals surface area contributed by atoms with E-state index in [0.717, 1.165) is 11.3 Å². The first-order chi connectivity index (χ1) is 9.51. The highest BCUT2D eigenvalue weighted by atomic mass is 16.5. The molecule has 1 aromatic rings. The lowest BCUT2D eigenvalue weighted by Gasteiger charge is -2.17. The molecule has 2 rings (SSSR count). The van der Waals surface area contributed by atoms with Crippen molar-refractivity contribution < 1.29 is 9.53 Å². The highest BCUT2D eigenvalue weighted by molar-refractivity contribution is 5.79. The van der Waals surface area contributed by atoms with Crippen molar-refractivity contribution in [3.63, 3.8) is 0 Å². The number of amides is 1. The van der Waals surface area contributed by atoms with Gasteiger partial charge < -0.3 is 9.64 Å². The van der Waals surface area contributed by atoms with Crippen LogP contribution in [0.2, 0.25) is 0 Å². The third kappa shape index (κ3) is 3.11. The van der Waals surface area contributed by atoms with Crippen molar-refractivity contribution in [3.8, 4) is 11.8 Å². The number of carbonyl (C=O) groups is 1. The maximum atomic E-state index is 11.7. The van der Waals surface area contributed by atoms with Crippen LogP contribution in [0.1, 0.15) is 23.1 Å². The molecule has 0 aliphatic carbocycles. The molecule has 1 amide bonds. The summed E-state index contributed by atoms with van der Waals surface area (Å²) in [6, 6.07) is 6.30. The Morgan fingerprint density at radius 1 is 1.30 bits per heavy atom. The number of nitriles is 1. The van der Waals surface area contributed by atoms with Gasteiger partial charge in [-0.2, -0.15) is 5.26 Å². The molecule has 4 nitrogen and oxygen atoms in total. The Hall–Kier alpha value is -2.02. The van der Waals surface area contributed by atoms with Crippen LogP contribution >= 0.6 is 0 Å². The fourth-order valence-electron chi connectivity index (χ4n) is 2.43. The molecule has 20 heavy (non-hydrogen) atoms. The predicted octanol–water partition coefficient (Wildman–Crippen LogP) is 2.36. The molecule has 0 radical (unpaired) electrons. The summed E-state index contributed by atoms with van der Waals surface area (Å²) in [6.45, 7) is 7.70. The van der Waals surface area contributed by atoms with Crippen LogP contribution in [0.4, 0.5) is 0 Å². The van der Waals surface area contributed by atoms with Gasteiger partial charge in [-0.15, -0.1) is 0 Å². The van der Waals surface area contributed by atoms with Gasteiger partial charge in [0.25, 0.3) is 0 Å².